The number of nitrogens with one attached hydrogen (secondary N) is 1. The highest BCUT2D eigenvalue weighted by molar-refractivity contribution is 9.10. The number of hydrogen-bond acceptors (Lipinski definition) is 4. The molecule has 0 spiro atoms. The van der Waals surface area contributed by atoms with E-state index in [1.54, 1.807) is 6.07 Å². The van der Waals surface area contributed by atoms with Crippen LogP contribution in [0, 0.1) is 6.92 Å². The fourth-order valence-corrected chi connectivity index (χ4v) is 2.02. The summed E-state index contributed by atoms with van der Waals surface area (Å²) in [4.78, 5) is 8.88. The summed E-state index contributed by atoms with van der Waals surface area (Å²) < 4.78 is 6.88. The van der Waals surface area contributed by atoms with Gasteiger partial charge in [-0.15, -0.1) is 0 Å². The van der Waals surface area contributed by atoms with Gasteiger partial charge in [-0.1, -0.05) is 35.8 Å². The molecule has 0 fully saturated rings. The number of rotatable bonds is 4. The van der Waals surface area contributed by atoms with E-state index in [9.17, 15) is 0 Å². The van der Waals surface area contributed by atoms with Crippen LogP contribution in [0.25, 0.3) is 0 Å². The zero-order chi connectivity index (χ0) is 14.7. The summed E-state index contributed by atoms with van der Waals surface area (Å²) in [5.74, 6) is 3.10. The molecule has 0 atom stereocenters. The number of halogens is 1. The molecule has 106 valence electrons. The maximum absolute atomic E-state index is 5.90. The van der Waals surface area contributed by atoms with Crippen molar-refractivity contribution in [3.05, 3.63) is 40.1 Å². The van der Waals surface area contributed by atoms with E-state index in [1.807, 2.05) is 32.2 Å². The first-order valence-electron chi connectivity index (χ1n) is 6.50. The van der Waals surface area contributed by atoms with E-state index in [0.717, 1.165) is 27.4 Å². The highest BCUT2D eigenvalue weighted by Gasteiger charge is 2.10. The lowest BCUT2D eigenvalue weighted by atomic mass is 10.2. The van der Waals surface area contributed by atoms with Crippen molar-refractivity contribution in [2.45, 2.75) is 26.7 Å². The van der Waals surface area contributed by atoms with Crippen LogP contribution in [0.3, 0.4) is 0 Å². The lowest BCUT2D eigenvalue weighted by Crippen LogP contribution is -2.03. The van der Waals surface area contributed by atoms with Crippen molar-refractivity contribution in [1.29, 1.82) is 0 Å². The predicted octanol–water partition coefficient (Wildman–Crippen LogP) is 4.50. The van der Waals surface area contributed by atoms with Crippen LogP contribution < -0.4 is 10.1 Å². The third-order valence-electron chi connectivity index (χ3n) is 2.86. The molecular formula is C15H18BrN3O. The molecule has 0 bridgehead atoms. The molecule has 1 aromatic heterocycles. The van der Waals surface area contributed by atoms with Gasteiger partial charge in [0.1, 0.15) is 17.4 Å². The smallest absolute Gasteiger partial charge is 0.224 e. The van der Waals surface area contributed by atoms with Crippen LogP contribution in [0.15, 0.2) is 28.7 Å². The Morgan fingerprint density at radius 3 is 2.60 bits per heavy atom. The molecule has 0 aliphatic carbocycles. The van der Waals surface area contributed by atoms with Crippen LogP contribution in [0.5, 0.6) is 11.6 Å². The number of ether oxygens (including phenoxy) is 1. The second-order valence-corrected chi connectivity index (χ2v) is 5.78. The Kier molecular flexibility index (Phi) is 4.60. The second kappa shape index (κ2) is 6.22. The Morgan fingerprint density at radius 1 is 1.20 bits per heavy atom. The van der Waals surface area contributed by atoms with E-state index in [4.69, 9.17) is 4.74 Å². The van der Waals surface area contributed by atoms with E-state index in [0.29, 0.717) is 5.88 Å². The molecule has 0 unspecified atom stereocenters. The summed E-state index contributed by atoms with van der Waals surface area (Å²) >= 11 is 3.45. The third-order valence-corrected chi connectivity index (χ3v) is 3.35. The van der Waals surface area contributed by atoms with Crippen molar-refractivity contribution in [1.82, 2.24) is 9.97 Å². The van der Waals surface area contributed by atoms with Crippen LogP contribution in [0.4, 0.5) is 5.82 Å². The van der Waals surface area contributed by atoms with Crippen molar-refractivity contribution in [3.63, 3.8) is 0 Å². The molecule has 4 nitrogen and oxygen atoms in total. The molecule has 2 aromatic rings. The maximum Gasteiger partial charge on any atom is 0.224 e. The summed E-state index contributed by atoms with van der Waals surface area (Å²) in [6, 6.07) is 7.72. The minimum absolute atomic E-state index is 0.245. The zero-order valence-electron chi connectivity index (χ0n) is 12.1. The number of benzene rings is 1. The highest BCUT2D eigenvalue weighted by Crippen LogP contribution is 2.28. The lowest BCUT2D eigenvalue weighted by Gasteiger charge is -2.12. The summed E-state index contributed by atoms with van der Waals surface area (Å²) in [5, 5.41) is 3.03. The first-order valence-corrected chi connectivity index (χ1v) is 7.29. The van der Waals surface area contributed by atoms with Crippen LogP contribution in [0.2, 0.25) is 0 Å². The van der Waals surface area contributed by atoms with Gasteiger partial charge in [-0.05, 0) is 24.6 Å². The molecule has 20 heavy (non-hydrogen) atoms. The molecule has 0 amide bonds. The SMILES string of the molecule is CNc1cc(Oc2cc(Br)ccc2C)nc(C(C)C)n1. The van der Waals surface area contributed by atoms with Gasteiger partial charge >= 0.3 is 0 Å². The molecule has 5 heteroatoms. The van der Waals surface area contributed by atoms with Gasteiger partial charge in [0.15, 0.2) is 0 Å². The fraction of sp³-hybridized carbons (Fsp3) is 0.333. The minimum atomic E-state index is 0.245. The van der Waals surface area contributed by atoms with E-state index in [1.165, 1.54) is 0 Å². The van der Waals surface area contributed by atoms with Gasteiger partial charge in [0, 0.05) is 23.5 Å². The Labute approximate surface area is 127 Å². The zero-order valence-corrected chi connectivity index (χ0v) is 13.7. The molecular weight excluding hydrogens is 318 g/mol. The van der Waals surface area contributed by atoms with Gasteiger partial charge in [-0.2, -0.15) is 4.98 Å². The fourth-order valence-electron chi connectivity index (χ4n) is 1.68. The van der Waals surface area contributed by atoms with Crippen LogP contribution >= 0.6 is 15.9 Å². The van der Waals surface area contributed by atoms with Crippen molar-refractivity contribution < 1.29 is 4.74 Å². The molecule has 0 aliphatic heterocycles. The molecule has 1 N–H and O–H groups in total. The number of nitrogens with zero attached hydrogens (tertiary/aromatic N) is 2. The molecule has 2 rings (SSSR count). The van der Waals surface area contributed by atoms with E-state index >= 15 is 0 Å². The normalized spacial score (nSPS) is 10.7. The van der Waals surface area contributed by atoms with E-state index < -0.39 is 0 Å². The number of aromatic nitrogens is 2. The van der Waals surface area contributed by atoms with Crippen molar-refractivity contribution >= 4 is 21.7 Å². The van der Waals surface area contributed by atoms with Gasteiger partial charge in [0.2, 0.25) is 5.88 Å². The van der Waals surface area contributed by atoms with Gasteiger partial charge < -0.3 is 10.1 Å². The molecule has 0 aliphatic rings. The van der Waals surface area contributed by atoms with Gasteiger partial charge in [0.05, 0.1) is 0 Å². The second-order valence-electron chi connectivity index (χ2n) is 4.87. The van der Waals surface area contributed by atoms with Gasteiger partial charge in [-0.25, -0.2) is 4.98 Å². The minimum Gasteiger partial charge on any atom is -0.439 e. The third kappa shape index (κ3) is 3.48. The standard InChI is InChI=1S/C15H18BrN3O/c1-9(2)15-18-13(17-4)8-14(19-15)20-12-7-11(16)6-5-10(12)3/h5-9H,1-4H3,(H,17,18,19). The van der Waals surface area contributed by atoms with Crippen LogP contribution in [-0.4, -0.2) is 17.0 Å². The first kappa shape index (κ1) is 14.8. The topological polar surface area (TPSA) is 47.0 Å². The summed E-state index contributed by atoms with van der Waals surface area (Å²) in [6.45, 7) is 6.12. The van der Waals surface area contributed by atoms with Gasteiger partial charge in [0.25, 0.3) is 0 Å². The summed E-state index contributed by atoms with van der Waals surface area (Å²) in [6.07, 6.45) is 0. The molecule has 1 aromatic carbocycles. The molecule has 0 radical (unpaired) electrons. The van der Waals surface area contributed by atoms with E-state index in [2.05, 4.69) is 45.1 Å². The maximum atomic E-state index is 5.90. The van der Waals surface area contributed by atoms with Crippen molar-refractivity contribution in [2.75, 3.05) is 12.4 Å². The van der Waals surface area contributed by atoms with Crippen molar-refractivity contribution in [3.8, 4) is 11.6 Å². The van der Waals surface area contributed by atoms with Crippen LogP contribution in [0.1, 0.15) is 31.2 Å². The Bertz CT molecular complexity index is 614. The summed E-state index contributed by atoms with van der Waals surface area (Å²) in [7, 11) is 1.83. The van der Waals surface area contributed by atoms with Crippen molar-refractivity contribution in [2.24, 2.45) is 0 Å². The quantitative estimate of drug-likeness (QED) is 0.893. The number of anilines is 1. The van der Waals surface area contributed by atoms with Gasteiger partial charge in [-0.3, -0.25) is 0 Å². The van der Waals surface area contributed by atoms with Crippen LogP contribution in [-0.2, 0) is 0 Å². The largest absolute Gasteiger partial charge is 0.439 e. The Hall–Kier alpha value is -1.62. The lowest BCUT2D eigenvalue weighted by molar-refractivity contribution is 0.454. The predicted molar refractivity (Wildman–Crippen MR) is 84.6 cm³/mol. The highest BCUT2D eigenvalue weighted by atomic mass is 79.9. The monoisotopic (exact) mass is 335 g/mol. The average molecular weight is 336 g/mol. The van der Waals surface area contributed by atoms with E-state index in [-0.39, 0.29) is 5.92 Å². The Balaban J connectivity index is 2.37. The molecule has 1 heterocycles. The number of hydrogen-bond donors (Lipinski definition) is 1. The molecule has 0 saturated heterocycles. The molecule has 0 saturated carbocycles. The first-order chi connectivity index (χ1) is 9.49. The number of aryl methyl sites for hydroxylation is 1. The average Bonchev–Trinajstić information content (AvgIpc) is 2.42. The summed E-state index contributed by atoms with van der Waals surface area (Å²) in [5.41, 5.74) is 1.06. The Morgan fingerprint density at radius 2 is 1.95 bits per heavy atom.